The number of furan rings is 1. The second kappa shape index (κ2) is 13.3. The zero-order valence-corrected chi connectivity index (χ0v) is 32.5. The lowest BCUT2D eigenvalue weighted by molar-refractivity contribution is 0.666. The number of nitrogens with zero attached hydrogens (tertiary/aromatic N) is 3. The molecular formula is C55H37N3O. The first-order valence-corrected chi connectivity index (χ1v) is 20.4. The van der Waals surface area contributed by atoms with Crippen molar-refractivity contribution in [2.24, 2.45) is 9.98 Å². The minimum absolute atomic E-state index is 0.709. The van der Waals surface area contributed by atoms with E-state index in [1.165, 1.54) is 37.9 Å². The second-order valence-corrected chi connectivity index (χ2v) is 15.7. The van der Waals surface area contributed by atoms with E-state index in [2.05, 4.69) is 187 Å². The predicted octanol–water partition coefficient (Wildman–Crippen LogP) is 14.6. The summed E-state index contributed by atoms with van der Waals surface area (Å²) in [5.41, 5.74) is 11.4. The molecular weight excluding hydrogens is 719 g/mol. The largest absolute Gasteiger partial charge is 0.454 e. The lowest BCUT2D eigenvalue weighted by Gasteiger charge is -2.19. The minimum atomic E-state index is 0.709. The third kappa shape index (κ3) is 5.37. The summed E-state index contributed by atoms with van der Waals surface area (Å²) in [7, 11) is 0. The van der Waals surface area contributed by atoms with Gasteiger partial charge in [-0.3, -0.25) is 0 Å². The lowest BCUT2D eigenvalue weighted by Crippen LogP contribution is -2.12. The molecule has 0 saturated heterocycles. The zero-order valence-electron chi connectivity index (χ0n) is 32.5. The van der Waals surface area contributed by atoms with Crippen molar-refractivity contribution in [3.05, 3.63) is 204 Å². The fourth-order valence-corrected chi connectivity index (χ4v) is 9.36. The SMILES string of the molecule is C/C1=C(\c2cccc3ccccc23)N=C(c2cccc3ccccc23)N=C(c2cc(-n3c4ccccc4c4cc5ccccc5cc43)c3oc4ccccc4c3c2)CC1. The van der Waals surface area contributed by atoms with Crippen LogP contribution in [0.15, 0.2) is 202 Å². The molecule has 0 N–H and O–H groups in total. The highest BCUT2D eigenvalue weighted by molar-refractivity contribution is 6.21. The molecule has 0 atom stereocenters. The monoisotopic (exact) mass is 755 g/mol. The normalized spacial score (nSPS) is 15.1. The maximum atomic E-state index is 6.84. The maximum Gasteiger partial charge on any atom is 0.160 e. The molecule has 0 radical (unpaired) electrons. The summed E-state index contributed by atoms with van der Waals surface area (Å²) in [5, 5.41) is 11.7. The van der Waals surface area contributed by atoms with Crippen LogP contribution in [-0.4, -0.2) is 16.1 Å². The van der Waals surface area contributed by atoms with Crippen LogP contribution in [0.4, 0.5) is 0 Å². The third-order valence-corrected chi connectivity index (χ3v) is 12.2. The number of hydrogen-bond acceptors (Lipinski definition) is 3. The van der Waals surface area contributed by atoms with E-state index in [0.29, 0.717) is 5.84 Å². The van der Waals surface area contributed by atoms with Crippen molar-refractivity contribution in [3.63, 3.8) is 0 Å². The van der Waals surface area contributed by atoms with Crippen molar-refractivity contribution >= 4 is 93.3 Å². The average molecular weight is 756 g/mol. The molecule has 0 bridgehead atoms. The molecule has 0 spiro atoms. The van der Waals surface area contributed by atoms with Crippen molar-refractivity contribution in [2.75, 3.05) is 0 Å². The highest BCUT2D eigenvalue weighted by Crippen LogP contribution is 2.41. The Morgan fingerprint density at radius 3 is 1.85 bits per heavy atom. The number of fused-ring (bicyclic) bond motifs is 9. The molecule has 4 nitrogen and oxygen atoms in total. The Morgan fingerprint density at radius 2 is 1.07 bits per heavy atom. The maximum absolute atomic E-state index is 6.84. The van der Waals surface area contributed by atoms with Crippen molar-refractivity contribution in [1.82, 2.24) is 4.57 Å². The van der Waals surface area contributed by atoms with Gasteiger partial charge >= 0.3 is 0 Å². The first kappa shape index (κ1) is 33.6. The smallest absolute Gasteiger partial charge is 0.160 e. The predicted molar refractivity (Wildman–Crippen MR) is 248 cm³/mol. The van der Waals surface area contributed by atoms with Gasteiger partial charge in [0.2, 0.25) is 0 Å². The van der Waals surface area contributed by atoms with E-state index in [4.69, 9.17) is 14.4 Å². The number of amidine groups is 1. The standard InChI is InChI=1S/C55H37N3O/c1-34-28-29-48(56-55(45-25-13-19-36-15-5-7-21-41(36)45)57-53(34)44-24-12-18-35-14-4-6-20-40(35)44)39-31-47-43-23-9-11-27-52(43)59-54(47)51(33-39)58-49-26-10-8-22-42(49)46-30-37-16-2-3-17-38(37)32-50(46)58/h2-27,30-33H,28-29H2,1H3/b53-34-,56-48?,57-55?. The minimum Gasteiger partial charge on any atom is -0.454 e. The van der Waals surface area contributed by atoms with E-state index in [0.717, 1.165) is 90.4 Å². The number of benzene rings is 9. The van der Waals surface area contributed by atoms with Gasteiger partial charge in [-0.15, -0.1) is 0 Å². The number of aromatic nitrogens is 1. The van der Waals surface area contributed by atoms with Crippen LogP contribution in [0.3, 0.4) is 0 Å². The summed E-state index contributed by atoms with van der Waals surface area (Å²) >= 11 is 0. The molecule has 9 aromatic carbocycles. The van der Waals surface area contributed by atoms with E-state index in [-0.39, 0.29) is 0 Å². The first-order chi connectivity index (χ1) is 29.2. The van der Waals surface area contributed by atoms with Crippen molar-refractivity contribution in [1.29, 1.82) is 0 Å². The molecule has 3 heterocycles. The second-order valence-electron chi connectivity index (χ2n) is 15.7. The quantitative estimate of drug-likeness (QED) is 0.176. The summed E-state index contributed by atoms with van der Waals surface area (Å²) in [5.74, 6) is 0.709. The van der Waals surface area contributed by atoms with Crippen molar-refractivity contribution in [3.8, 4) is 5.69 Å². The van der Waals surface area contributed by atoms with Gasteiger partial charge in [-0.25, -0.2) is 9.98 Å². The van der Waals surface area contributed by atoms with Crippen molar-refractivity contribution < 1.29 is 4.42 Å². The number of rotatable bonds is 4. The highest BCUT2D eigenvalue weighted by Gasteiger charge is 2.23. The van der Waals surface area contributed by atoms with E-state index >= 15 is 0 Å². The molecule has 1 aliphatic heterocycles. The van der Waals surface area contributed by atoms with Gasteiger partial charge < -0.3 is 8.98 Å². The molecule has 1 aliphatic rings. The van der Waals surface area contributed by atoms with Gasteiger partial charge in [0, 0.05) is 32.7 Å². The zero-order chi connectivity index (χ0) is 39.0. The number of aliphatic imine (C=N–C) groups is 2. The topological polar surface area (TPSA) is 42.8 Å². The van der Waals surface area contributed by atoms with Crippen LogP contribution < -0.4 is 0 Å². The van der Waals surface area contributed by atoms with Crippen LogP contribution >= 0.6 is 0 Å². The molecule has 0 aliphatic carbocycles. The molecule has 0 saturated carbocycles. The number of para-hydroxylation sites is 2. The highest BCUT2D eigenvalue weighted by atomic mass is 16.3. The van der Waals surface area contributed by atoms with Crippen LogP contribution in [0, 0.1) is 0 Å². The Hall–Kier alpha value is -7.56. The number of hydrogen-bond donors (Lipinski definition) is 0. The van der Waals surface area contributed by atoms with Gasteiger partial charge in [-0.2, -0.15) is 0 Å². The summed E-state index contributed by atoms with van der Waals surface area (Å²) in [6, 6.07) is 65.1. The number of allylic oxidation sites excluding steroid dienone is 1. The van der Waals surface area contributed by atoms with E-state index < -0.39 is 0 Å². The van der Waals surface area contributed by atoms with Gasteiger partial charge in [-0.05, 0) is 99.6 Å². The van der Waals surface area contributed by atoms with Gasteiger partial charge in [0.15, 0.2) is 11.4 Å². The molecule has 59 heavy (non-hydrogen) atoms. The molecule has 2 aromatic heterocycles. The van der Waals surface area contributed by atoms with E-state index in [9.17, 15) is 0 Å². The summed E-state index contributed by atoms with van der Waals surface area (Å²) in [6.45, 7) is 2.24. The van der Waals surface area contributed by atoms with Crippen LogP contribution in [0.1, 0.15) is 36.5 Å². The fourth-order valence-electron chi connectivity index (χ4n) is 9.36. The van der Waals surface area contributed by atoms with Crippen LogP contribution in [0.5, 0.6) is 0 Å². The summed E-state index contributed by atoms with van der Waals surface area (Å²) < 4.78 is 9.24. The van der Waals surface area contributed by atoms with Crippen LogP contribution in [0.2, 0.25) is 0 Å². The molecule has 0 amide bonds. The molecule has 11 aromatic rings. The molecule has 278 valence electrons. The third-order valence-electron chi connectivity index (χ3n) is 12.2. The Bertz CT molecular complexity index is 3620. The van der Waals surface area contributed by atoms with Crippen LogP contribution in [0.25, 0.3) is 87.4 Å². The Balaban J connectivity index is 1.15. The van der Waals surface area contributed by atoms with Crippen LogP contribution in [-0.2, 0) is 0 Å². The first-order valence-electron chi connectivity index (χ1n) is 20.4. The lowest BCUT2D eigenvalue weighted by atomic mass is 9.94. The van der Waals surface area contributed by atoms with Crippen molar-refractivity contribution in [2.45, 2.75) is 19.8 Å². The van der Waals surface area contributed by atoms with Gasteiger partial charge in [0.1, 0.15) is 5.58 Å². The Labute approximate surface area is 340 Å². The molecule has 0 unspecified atom stereocenters. The molecule has 12 rings (SSSR count). The Kier molecular flexibility index (Phi) is 7.54. The van der Waals surface area contributed by atoms with Gasteiger partial charge in [0.25, 0.3) is 0 Å². The van der Waals surface area contributed by atoms with E-state index in [1.807, 2.05) is 6.07 Å². The fraction of sp³-hybridized carbons (Fsp3) is 0.0545. The summed E-state index contributed by atoms with van der Waals surface area (Å²) in [4.78, 5) is 11.3. The van der Waals surface area contributed by atoms with Gasteiger partial charge in [0.05, 0.1) is 28.1 Å². The Morgan fingerprint density at radius 1 is 0.458 bits per heavy atom. The van der Waals surface area contributed by atoms with E-state index in [1.54, 1.807) is 0 Å². The van der Waals surface area contributed by atoms with Gasteiger partial charge in [-0.1, -0.05) is 146 Å². The molecule has 4 heteroatoms. The molecule has 0 fully saturated rings. The average Bonchev–Trinajstić information content (AvgIpc) is 3.82. The summed E-state index contributed by atoms with van der Waals surface area (Å²) in [6.07, 6.45) is 1.55.